The minimum atomic E-state index is -0.837. The summed E-state index contributed by atoms with van der Waals surface area (Å²) in [6, 6.07) is 16.0. The van der Waals surface area contributed by atoms with Crippen LogP contribution in [0.4, 0.5) is 5.69 Å². The van der Waals surface area contributed by atoms with E-state index in [1.165, 1.54) is 16.9 Å². The lowest BCUT2D eigenvalue weighted by atomic mass is 9.94. The van der Waals surface area contributed by atoms with Gasteiger partial charge in [0.2, 0.25) is 5.91 Å². The monoisotopic (exact) mass is 442 g/mol. The molecule has 0 unspecified atom stereocenters. The first kappa shape index (κ1) is 22.6. The van der Waals surface area contributed by atoms with Crippen LogP contribution in [-0.4, -0.2) is 27.8 Å². The minimum absolute atomic E-state index is 0.129. The van der Waals surface area contributed by atoms with Crippen LogP contribution in [0.25, 0.3) is 0 Å². The SMILES string of the molecule is CCc1ccc([C@H](C(=O)NC2CCCCC2)N(C(=O)c2ccccn2)c2cccnc2)cc1. The van der Waals surface area contributed by atoms with Crippen LogP contribution in [0.1, 0.15) is 66.7 Å². The smallest absolute Gasteiger partial charge is 0.277 e. The largest absolute Gasteiger partial charge is 0.351 e. The highest BCUT2D eigenvalue weighted by Crippen LogP contribution is 2.30. The number of aromatic nitrogens is 2. The van der Waals surface area contributed by atoms with Gasteiger partial charge in [0.1, 0.15) is 11.7 Å². The number of aryl methyl sites for hydroxylation is 1. The normalized spacial score (nSPS) is 14.9. The molecule has 1 fully saturated rings. The highest BCUT2D eigenvalue weighted by atomic mass is 16.2. The molecule has 33 heavy (non-hydrogen) atoms. The predicted molar refractivity (Wildman–Crippen MR) is 129 cm³/mol. The molecule has 0 bridgehead atoms. The van der Waals surface area contributed by atoms with Crippen molar-refractivity contribution in [3.63, 3.8) is 0 Å². The zero-order chi connectivity index (χ0) is 23.0. The Morgan fingerprint density at radius 2 is 1.79 bits per heavy atom. The van der Waals surface area contributed by atoms with Crippen molar-refractivity contribution in [2.24, 2.45) is 0 Å². The Balaban J connectivity index is 1.77. The van der Waals surface area contributed by atoms with E-state index in [9.17, 15) is 9.59 Å². The number of carbonyl (C=O) groups excluding carboxylic acids is 2. The van der Waals surface area contributed by atoms with E-state index in [0.29, 0.717) is 5.69 Å². The lowest BCUT2D eigenvalue weighted by molar-refractivity contribution is -0.123. The van der Waals surface area contributed by atoms with Crippen LogP contribution in [0.5, 0.6) is 0 Å². The van der Waals surface area contributed by atoms with Gasteiger partial charge in [0, 0.05) is 18.4 Å². The van der Waals surface area contributed by atoms with Crippen molar-refractivity contribution < 1.29 is 9.59 Å². The third-order valence-corrected chi connectivity index (χ3v) is 6.19. The van der Waals surface area contributed by atoms with Gasteiger partial charge < -0.3 is 5.32 Å². The molecule has 1 aliphatic rings. The number of hydrogen-bond donors (Lipinski definition) is 1. The van der Waals surface area contributed by atoms with E-state index in [4.69, 9.17) is 0 Å². The number of carbonyl (C=O) groups is 2. The fraction of sp³-hybridized carbons (Fsp3) is 0.333. The van der Waals surface area contributed by atoms with Gasteiger partial charge in [-0.1, -0.05) is 56.5 Å². The van der Waals surface area contributed by atoms with Gasteiger partial charge in [-0.05, 0) is 54.7 Å². The van der Waals surface area contributed by atoms with Gasteiger partial charge in [-0.15, -0.1) is 0 Å². The first-order valence-corrected chi connectivity index (χ1v) is 11.7. The first-order chi connectivity index (χ1) is 16.2. The quantitative estimate of drug-likeness (QED) is 0.566. The third-order valence-electron chi connectivity index (χ3n) is 6.19. The van der Waals surface area contributed by atoms with Crippen molar-refractivity contribution in [3.8, 4) is 0 Å². The van der Waals surface area contributed by atoms with E-state index in [-0.39, 0.29) is 23.6 Å². The maximum absolute atomic E-state index is 13.8. The lowest BCUT2D eigenvalue weighted by Crippen LogP contribution is -2.47. The summed E-state index contributed by atoms with van der Waals surface area (Å²) in [5.41, 5.74) is 2.77. The molecule has 6 nitrogen and oxygen atoms in total. The third kappa shape index (κ3) is 5.45. The van der Waals surface area contributed by atoms with E-state index in [0.717, 1.165) is 37.7 Å². The summed E-state index contributed by atoms with van der Waals surface area (Å²) >= 11 is 0. The Kier molecular flexibility index (Phi) is 7.45. The number of hydrogen-bond acceptors (Lipinski definition) is 4. The zero-order valence-electron chi connectivity index (χ0n) is 19.0. The number of nitrogens with one attached hydrogen (secondary N) is 1. The van der Waals surface area contributed by atoms with Crippen molar-refractivity contribution in [2.45, 2.75) is 57.5 Å². The van der Waals surface area contributed by atoms with Crippen molar-refractivity contribution in [3.05, 3.63) is 90.0 Å². The van der Waals surface area contributed by atoms with E-state index < -0.39 is 6.04 Å². The summed E-state index contributed by atoms with van der Waals surface area (Å²) in [5, 5.41) is 3.23. The standard InChI is InChI=1S/C27H30N4O2/c1-2-20-13-15-21(16-14-20)25(26(32)30-22-9-4-3-5-10-22)31(23-11-8-17-28-19-23)27(33)24-12-6-7-18-29-24/h6-8,11-19,22,25H,2-5,9-10H2,1H3,(H,30,32)/t25-/m1/s1. The summed E-state index contributed by atoms with van der Waals surface area (Å²) in [4.78, 5) is 37.5. The Bertz CT molecular complexity index is 1050. The molecular formula is C27H30N4O2. The molecule has 1 aliphatic carbocycles. The van der Waals surface area contributed by atoms with Crippen LogP contribution in [0.2, 0.25) is 0 Å². The van der Waals surface area contributed by atoms with Crippen LogP contribution >= 0.6 is 0 Å². The topological polar surface area (TPSA) is 75.2 Å². The molecule has 2 amide bonds. The van der Waals surface area contributed by atoms with Crippen LogP contribution in [0.3, 0.4) is 0 Å². The molecule has 2 heterocycles. The molecule has 6 heteroatoms. The fourth-order valence-corrected chi connectivity index (χ4v) is 4.37. The minimum Gasteiger partial charge on any atom is -0.351 e. The van der Waals surface area contributed by atoms with E-state index in [1.807, 2.05) is 24.3 Å². The fourth-order valence-electron chi connectivity index (χ4n) is 4.37. The van der Waals surface area contributed by atoms with E-state index in [1.54, 1.807) is 48.9 Å². The number of benzene rings is 1. The zero-order valence-corrected chi connectivity index (χ0v) is 19.0. The molecule has 1 saturated carbocycles. The number of anilines is 1. The van der Waals surface area contributed by atoms with Gasteiger partial charge in [-0.25, -0.2) is 0 Å². The highest BCUT2D eigenvalue weighted by molar-refractivity contribution is 6.09. The van der Waals surface area contributed by atoms with Crippen LogP contribution < -0.4 is 10.2 Å². The number of pyridine rings is 2. The second-order valence-electron chi connectivity index (χ2n) is 8.44. The molecule has 1 aromatic carbocycles. The number of nitrogens with zero attached hydrogens (tertiary/aromatic N) is 3. The summed E-state index contributed by atoms with van der Waals surface area (Å²) in [6.45, 7) is 2.09. The number of rotatable bonds is 7. The summed E-state index contributed by atoms with van der Waals surface area (Å²) < 4.78 is 0. The highest BCUT2D eigenvalue weighted by Gasteiger charge is 2.35. The van der Waals surface area contributed by atoms with Crippen LogP contribution in [0.15, 0.2) is 73.2 Å². The molecule has 3 aromatic rings. The molecule has 0 radical (unpaired) electrons. The molecule has 2 aromatic heterocycles. The molecular weight excluding hydrogens is 412 g/mol. The van der Waals surface area contributed by atoms with Crippen LogP contribution in [0, 0.1) is 0 Å². The molecule has 1 N–H and O–H groups in total. The average Bonchev–Trinajstić information content (AvgIpc) is 2.88. The maximum Gasteiger partial charge on any atom is 0.277 e. The van der Waals surface area contributed by atoms with Gasteiger partial charge in [0.25, 0.3) is 5.91 Å². The Morgan fingerprint density at radius 1 is 1.00 bits per heavy atom. The van der Waals surface area contributed by atoms with E-state index >= 15 is 0 Å². The van der Waals surface area contributed by atoms with Crippen molar-refractivity contribution in [1.29, 1.82) is 0 Å². The Morgan fingerprint density at radius 3 is 2.42 bits per heavy atom. The summed E-state index contributed by atoms with van der Waals surface area (Å²) in [5.74, 6) is -0.522. The van der Waals surface area contributed by atoms with Gasteiger partial charge in [0.15, 0.2) is 0 Å². The molecule has 4 rings (SSSR count). The summed E-state index contributed by atoms with van der Waals surface area (Å²) in [6.07, 6.45) is 11.1. The van der Waals surface area contributed by atoms with Gasteiger partial charge in [0.05, 0.1) is 11.9 Å². The molecule has 0 saturated heterocycles. The average molecular weight is 443 g/mol. The predicted octanol–water partition coefficient (Wildman–Crippen LogP) is 4.88. The molecule has 170 valence electrons. The second-order valence-corrected chi connectivity index (χ2v) is 8.44. The Hall–Kier alpha value is -3.54. The van der Waals surface area contributed by atoms with Crippen molar-refractivity contribution >= 4 is 17.5 Å². The Labute approximate surface area is 195 Å². The second kappa shape index (κ2) is 10.9. The number of amides is 2. The first-order valence-electron chi connectivity index (χ1n) is 11.7. The van der Waals surface area contributed by atoms with Crippen molar-refractivity contribution in [1.82, 2.24) is 15.3 Å². The molecule has 0 aliphatic heterocycles. The summed E-state index contributed by atoms with van der Waals surface area (Å²) in [7, 11) is 0. The maximum atomic E-state index is 13.8. The molecule has 1 atom stereocenters. The molecule has 0 spiro atoms. The van der Waals surface area contributed by atoms with Crippen LogP contribution in [-0.2, 0) is 11.2 Å². The van der Waals surface area contributed by atoms with E-state index in [2.05, 4.69) is 22.2 Å². The van der Waals surface area contributed by atoms with Gasteiger partial charge in [-0.3, -0.25) is 24.5 Å². The van der Waals surface area contributed by atoms with Gasteiger partial charge in [-0.2, -0.15) is 0 Å². The lowest BCUT2D eigenvalue weighted by Gasteiger charge is -2.33. The van der Waals surface area contributed by atoms with Crippen molar-refractivity contribution in [2.75, 3.05) is 4.90 Å². The van der Waals surface area contributed by atoms with Gasteiger partial charge >= 0.3 is 0 Å².